The first-order valence-corrected chi connectivity index (χ1v) is 5.41. The van der Waals surface area contributed by atoms with Gasteiger partial charge in [-0.3, -0.25) is 0 Å². The van der Waals surface area contributed by atoms with Crippen LogP contribution < -0.4 is 4.74 Å². The molecule has 1 N–H and O–H groups in total. The van der Waals surface area contributed by atoms with Crippen molar-refractivity contribution in [2.24, 2.45) is 0 Å². The zero-order valence-corrected chi connectivity index (χ0v) is 9.68. The molecule has 2 aromatic rings. The first-order chi connectivity index (χ1) is 9.11. The standard InChI is InChI=1S/C14H9F2NO2/c15-9-4-6-10(7-5-9)19-13-3-1-2-11(14(13)16)12(18)8-17/h1-7,12,18H. The lowest BCUT2D eigenvalue weighted by Crippen LogP contribution is -1.99. The highest BCUT2D eigenvalue weighted by Gasteiger charge is 2.16. The molecule has 0 aliphatic rings. The van der Waals surface area contributed by atoms with E-state index in [-0.39, 0.29) is 17.1 Å². The number of hydrogen-bond donors (Lipinski definition) is 1. The number of ether oxygens (including phenoxy) is 1. The zero-order valence-electron chi connectivity index (χ0n) is 9.68. The molecule has 0 spiro atoms. The van der Waals surface area contributed by atoms with Crippen molar-refractivity contribution < 1.29 is 18.6 Å². The number of nitriles is 1. The monoisotopic (exact) mass is 261 g/mol. The normalized spacial score (nSPS) is 11.7. The molecule has 0 saturated carbocycles. The van der Waals surface area contributed by atoms with Crippen LogP contribution in [0.1, 0.15) is 11.7 Å². The van der Waals surface area contributed by atoms with E-state index in [1.807, 2.05) is 0 Å². The number of nitrogens with zero attached hydrogens (tertiary/aromatic N) is 1. The largest absolute Gasteiger partial charge is 0.454 e. The predicted molar refractivity (Wildman–Crippen MR) is 63.4 cm³/mol. The van der Waals surface area contributed by atoms with Crippen LogP contribution in [0.25, 0.3) is 0 Å². The summed E-state index contributed by atoms with van der Waals surface area (Å²) in [6.07, 6.45) is -1.56. The van der Waals surface area contributed by atoms with Crippen molar-refractivity contribution in [1.29, 1.82) is 5.26 Å². The molecule has 0 fully saturated rings. The van der Waals surface area contributed by atoms with Crippen molar-refractivity contribution in [3.05, 3.63) is 59.7 Å². The Hall–Kier alpha value is -2.45. The molecule has 2 aromatic carbocycles. The van der Waals surface area contributed by atoms with E-state index in [9.17, 15) is 13.9 Å². The summed E-state index contributed by atoms with van der Waals surface area (Å²) >= 11 is 0. The van der Waals surface area contributed by atoms with Crippen LogP contribution in [-0.4, -0.2) is 5.11 Å². The summed E-state index contributed by atoms with van der Waals surface area (Å²) in [5.74, 6) is -1.13. The topological polar surface area (TPSA) is 53.2 Å². The van der Waals surface area contributed by atoms with Crippen LogP contribution >= 0.6 is 0 Å². The van der Waals surface area contributed by atoms with Crippen LogP contribution in [0.2, 0.25) is 0 Å². The van der Waals surface area contributed by atoms with Crippen molar-refractivity contribution >= 4 is 0 Å². The maximum Gasteiger partial charge on any atom is 0.172 e. The molecule has 2 rings (SSSR count). The Balaban J connectivity index is 2.31. The molecule has 0 aliphatic heterocycles. The third kappa shape index (κ3) is 2.87. The molecule has 5 heteroatoms. The summed E-state index contributed by atoms with van der Waals surface area (Å²) < 4.78 is 31.9. The van der Waals surface area contributed by atoms with Gasteiger partial charge in [-0.2, -0.15) is 5.26 Å². The van der Waals surface area contributed by atoms with Crippen LogP contribution in [0.4, 0.5) is 8.78 Å². The van der Waals surface area contributed by atoms with E-state index in [0.29, 0.717) is 0 Å². The molecule has 0 amide bonds. The lowest BCUT2D eigenvalue weighted by atomic mass is 10.1. The van der Waals surface area contributed by atoms with Gasteiger partial charge in [-0.15, -0.1) is 0 Å². The third-order valence-corrected chi connectivity index (χ3v) is 2.45. The fourth-order valence-corrected chi connectivity index (χ4v) is 1.52. The minimum absolute atomic E-state index is 0.140. The van der Waals surface area contributed by atoms with Gasteiger partial charge in [-0.1, -0.05) is 12.1 Å². The Kier molecular flexibility index (Phi) is 3.74. The molecule has 0 bridgehead atoms. The van der Waals surface area contributed by atoms with Gasteiger partial charge in [0.1, 0.15) is 11.6 Å². The first kappa shape index (κ1) is 13.0. The lowest BCUT2D eigenvalue weighted by molar-refractivity contribution is 0.229. The Morgan fingerprint density at radius 1 is 1.11 bits per heavy atom. The van der Waals surface area contributed by atoms with Gasteiger partial charge in [0.25, 0.3) is 0 Å². The summed E-state index contributed by atoms with van der Waals surface area (Å²) in [5.41, 5.74) is -0.165. The minimum atomic E-state index is -1.56. The Labute approximate surface area is 108 Å². The molecule has 3 nitrogen and oxygen atoms in total. The number of aliphatic hydroxyl groups is 1. The van der Waals surface area contributed by atoms with Crippen molar-refractivity contribution in [3.8, 4) is 17.6 Å². The van der Waals surface area contributed by atoms with E-state index in [2.05, 4.69) is 0 Å². The summed E-state index contributed by atoms with van der Waals surface area (Å²) in [5, 5.41) is 17.9. The number of rotatable bonds is 3. The Morgan fingerprint density at radius 3 is 2.42 bits per heavy atom. The Morgan fingerprint density at radius 2 is 1.79 bits per heavy atom. The minimum Gasteiger partial charge on any atom is -0.454 e. The third-order valence-electron chi connectivity index (χ3n) is 2.45. The molecule has 19 heavy (non-hydrogen) atoms. The molecular formula is C14H9F2NO2. The highest BCUT2D eigenvalue weighted by atomic mass is 19.1. The van der Waals surface area contributed by atoms with Crippen molar-refractivity contribution in [2.45, 2.75) is 6.10 Å². The van der Waals surface area contributed by atoms with E-state index < -0.39 is 17.7 Å². The molecule has 0 aliphatic carbocycles. The molecule has 0 aromatic heterocycles. The van der Waals surface area contributed by atoms with Gasteiger partial charge in [0.15, 0.2) is 17.7 Å². The van der Waals surface area contributed by atoms with Crippen molar-refractivity contribution in [1.82, 2.24) is 0 Å². The quantitative estimate of drug-likeness (QED) is 0.862. The second-order valence-corrected chi connectivity index (χ2v) is 3.75. The smallest absolute Gasteiger partial charge is 0.172 e. The van der Waals surface area contributed by atoms with Gasteiger partial charge in [0, 0.05) is 5.56 Å². The summed E-state index contributed by atoms with van der Waals surface area (Å²) in [6.45, 7) is 0. The van der Waals surface area contributed by atoms with Crippen LogP contribution in [0.15, 0.2) is 42.5 Å². The summed E-state index contributed by atoms with van der Waals surface area (Å²) in [7, 11) is 0. The van der Waals surface area contributed by atoms with E-state index >= 15 is 0 Å². The van der Waals surface area contributed by atoms with Crippen molar-refractivity contribution in [2.75, 3.05) is 0 Å². The second-order valence-electron chi connectivity index (χ2n) is 3.75. The lowest BCUT2D eigenvalue weighted by Gasteiger charge is -2.10. The number of hydrogen-bond acceptors (Lipinski definition) is 3. The van der Waals surface area contributed by atoms with E-state index in [1.54, 1.807) is 0 Å². The predicted octanol–water partition coefficient (Wildman–Crippen LogP) is 3.31. The van der Waals surface area contributed by atoms with Crippen LogP contribution in [0.3, 0.4) is 0 Å². The fourth-order valence-electron chi connectivity index (χ4n) is 1.52. The van der Waals surface area contributed by atoms with Gasteiger partial charge in [-0.25, -0.2) is 8.78 Å². The van der Waals surface area contributed by atoms with Crippen LogP contribution in [0.5, 0.6) is 11.5 Å². The number of benzene rings is 2. The Bertz CT molecular complexity index is 620. The molecule has 1 atom stereocenters. The second kappa shape index (κ2) is 5.46. The summed E-state index contributed by atoms with van der Waals surface area (Å²) in [6, 6.07) is 10.7. The molecule has 0 saturated heterocycles. The van der Waals surface area contributed by atoms with E-state index in [0.717, 1.165) is 0 Å². The van der Waals surface area contributed by atoms with Gasteiger partial charge < -0.3 is 9.84 Å². The summed E-state index contributed by atoms with van der Waals surface area (Å²) in [4.78, 5) is 0. The molecule has 96 valence electrons. The van der Waals surface area contributed by atoms with Crippen LogP contribution in [-0.2, 0) is 0 Å². The van der Waals surface area contributed by atoms with Crippen molar-refractivity contribution in [3.63, 3.8) is 0 Å². The van der Waals surface area contributed by atoms with Crippen LogP contribution in [0, 0.1) is 23.0 Å². The van der Waals surface area contributed by atoms with E-state index in [1.165, 1.54) is 48.5 Å². The van der Waals surface area contributed by atoms with Gasteiger partial charge in [0.05, 0.1) is 6.07 Å². The molecule has 0 radical (unpaired) electrons. The van der Waals surface area contributed by atoms with Gasteiger partial charge in [-0.05, 0) is 30.3 Å². The average Bonchev–Trinajstić information content (AvgIpc) is 2.43. The highest BCUT2D eigenvalue weighted by molar-refractivity contribution is 5.37. The molecule has 0 heterocycles. The first-order valence-electron chi connectivity index (χ1n) is 5.41. The molecule has 1 unspecified atom stereocenters. The van der Waals surface area contributed by atoms with Gasteiger partial charge in [0.2, 0.25) is 0 Å². The highest BCUT2D eigenvalue weighted by Crippen LogP contribution is 2.29. The maximum atomic E-state index is 14.0. The SMILES string of the molecule is N#CC(O)c1cccc(Oc2ccc(F)cc2)c1F. The fraction of sp³-hybridized carbons (Fsp3) is 0.0714. The number of aliphatic hydroxyl groups excluding tert-OH is 1. The number of halogens is 2. The zero-order chi connectivity index (χ0) is 13.8. The average molecular weight is 261 g/mol. The van der Waals surface area contributed by atoms with E-state index in [4.69, 9.17) is 10.00 Å². The van der Waals surface area contributed by atoms with Gasteiger partial charge >= 0.3 is 0 Å². The molecular weight excluding hydrogens is 252 g/mol. The maximum absolute atomic E-state index is 14.0.